The Balaban J connectivity index is 2.53. The Morgan fingerprint density at radius 1 is 1.27 bits per heavy atom. The molecule has 0 amide bonds. The zero-order valence-corrected chi connectivity index (χ0v) is 14.5. The number of hydrogen-bond acceptors (Lipinski definition) is 4. The van der Waals surface area contributed by atoms with Gasteiger partial charge < -0.3 is 4.57 Å². The molecule has 0 fully saturated rings. The Hall–Kier alpha value is -1.50. The maximum atomic E-state index is 12.2. The van der Waals surface area contributed by atoms with Gasteiger partial charge in [0.05, 0.1) is 0 Å². The molecule has 1 N–H and O–H groups in total. The molecule has 0 aromatic carbocycles. The van der Waals surface area contributed by atoms with E-state index in [2.05, 4.69) is 30.7 Å². The highest BCUT2D eigenvalue weighted by Gasteiger charge is 2.17. The van der Waals surface area contributed by atoms with Crippen LogP contribution < -0.4 is 11.2 Å². The SMILES string of the molecule is CCCCCn1c(SCC(C)C)nc2c1c(=O)[nH]c(=O)n2C. The number of H-pyrrole nitrogens is 1. The van der Waals surface area contributed by atoms with Gasteiger partial charge in [-0.2, -0.15) is 0 Å². The molecule has 0 spiro atoms. The number of thioether (sulfide) groups is 1. The van der Waals surface area contributed by atoms with Gasteiger partial charge in [0, 0.05) is 19.3 Å². The Morgan fingerprint density at radius 3 is 2.64 bits per heavy atom. The third-order valence-corrected chi connectivity index (χ3v) is 4.91. The summed E-state index contributed by atoms with van der Waals surface area (Å²) in [5, 5.41) is 0.825. The van der Waals surface area contributed by atoms with Crippen molar-refractivity contribution < 1.29 is 0 Å². The van der Waals surface area contributed by atoms with Crippen LogP contribution >= 0.6 is 11.8 Å². The molecule has 0 bridgehead atoms. The molecule has 0 saturated carbocycles. The third-order valence-electron chi connectivity index (χ3n) is 3.50. The first kappa shape index (κ1) is 16.9. The summed E-state index contributed by atoms with van der Waals surface area (Å²) >= 11 is 1.65. The van der Waals surface area contributed by atoms with Crippen LogP contribution in [0.1, 0.15) is 40.0 Å². The molecule has 0 atom stereocenters. The van der Waals surface area contributed by atoms with Gasteiger partial charge in [0.2, 0.25) is 0 Å². The van der Waals surface area contributed by atoms with Crippen LogP contribution in [0.4, 0.5) is 0 Å². The molecule has 2 aromatic heterocycles. The van der Waals surface area contributed by atoms with Crippen molar-refractivity contribution in [2.45, 2.75) is 51.7 Å². The lowest BCUT2D eigenvalue weighted by Crippen LogP contribution is -2.29. The van der Waals surface area contributed by atoms with Gasteiger partial charge in [-0.3, -0.25) is 14.3 Å². The number of hydrogen-bond donors (Lipinski definition) is 1. The van der Waals surface area contributed by atoms with Crippen molar-refractivity contribution in [1.82, 2.24) is 19.1 Å². The van der Waals surface area contributed by atoms with Crippen molar-refractivity contribution in [3.63, 3.8) is 0 Å². The van der Waals surface area contributed by atoms with E-state index < -0.39 is 5.69 Å². The monoisotopic (exact) mass is 324 g/mol. The smallest absolute Gasteiger partial charge is 0.313 e. The van der Waals surface area contributed by atoms with E-state index >= 15 is 0 Å². The summed E-state index contributed by atoms with van der Waals surface area (Å²) in [4.78, 5) is 30.9. The van der Waals surface area contributed by atoms with Crippen LogP contribution in [0.3, 0.4) is 0 Å². The first-order chi connectivity index (χ1) is 10.5. The fourth-order valence-electron chi connectivity index (χ4n) is 2.29. The quantitative estimate of drug-likeness (QED) is 0.627. The predicted molar refractivity (Wildman–Crippen MR) is 90.7 cm³/mol. The minimum Gasteiger partial charge on any atom is -0.313 e. The average Bonchev–Trinajstić information content (AvgIpc) is 2.82. The van der Waals surface area contributed by atoms with Crippen molar-refractivity contribution >= 4 is 22.9 Å². The van der Waals surface area contributed by atoms with Gasteiger partial charge in [-0.1, -0.05) is 45.4 Å². The molecule has 0 aliphatic rings. The Kier molecular flexibility index (Phi) is 5.50. The minimum atomic E-state index is -0.420. The maximum Gasteiger partial charge on any atom is 0.329 e. The lowest BCUT2D eigenvalue weighted by Gasteiger charge is -2.09. The molecule has 2 aromatic rings. The highest BCUT2D eigenvalue weighted by Crippen LogP contribution is 2.24. The third kappa shape index (κ3) is 3.45. The van der Waals surface area contributed by atoms with Gasteiger partial charge in [0.1, 0.15) is 0 Å². The maximum absolute atomic E-state index is 12.2. The number of aromatic nitrogens is 4. The molecular weight excluding hydrogens is 300 g/mol. The van der Waals surface area contributed by atoms with E-state index in [1.54, 1.807) is 18.8 Å². The summed E-state index contributed by atoms with van der Waals surface area (Å²) in [6, 6.07) is 0. The molecule has 22 heavy (non-hydrogen) atoms. The van der Waals surface area contributed by atoms with Crippen molar-refractivity contribution in [3.05, 3.63) is 20.8 Å². The standard InChI is InChI=1S/C15H24N4O2S/c1-5-6-7-8-19-11-12(16-15(19)22-9-10(2)3)18(4)14(21)17-13(11)20/h10H,5-9H2,1-4H3,(H,17,20,21). The van der Waals surface area contributed by atoms with Crippen LogP contribution in [0.15, 0.2) is 14.7 Å². The normalized spacial score (nSPS) is 11.7. The van der Waals surface area contributed by atoms with Gasteiger partial charge in [0.15, 0.2) is 16.3 Å². The molecule has 122 valence electrons. The second kappa shape index (κ2) is 7.17. The summed E-state index contributed by atoms with van der Waals surface area (Å²) < 4.78 is 3.38. The highest BCUT2D eigenvalue weighted by atomic mass is 32.2. The second-order valence-electron chi connectivity index (χ2n) is 5.95. The fraction of sp³-hybridized carbons (Fsp3) is 0.667. The van der Waals surface area contributed by atoms with E-state index in [0.717, 1.165) is 36.7 Å². The van der Waals surface area contributed by atoms with Crippen molar-refractivity contribution in [2.24, 2.45) is 13.0 Å². The van der Waals surface area contributed by atoms with E-state index in [1.165, 1.54) is 4.57 Å². The zero-order chi connectivity index (χ0) is 16.3. The van der Waals surface area contributed by atoms with Gasteiger partial charge in [0.25, 0.3) is 5.56 Å². The summed E-state index contributed by atoms with van der Waals surface area (Å²) in [6.07, 6.45) is 3.23. The van der Waals surface area contributed by atoms with Crippen molar-refractivity contribution in [2.75, 3.05) is 5.75 Å². The van der Waals surface area contributed by atoms with Crippen molar-refractivity contribution in [1.29, 1.82) is 0 Å². The van der Waals surface area contributed by atoms with Crippen LogP contribution in [0, 0.1) is 5.92 Å². The Morgan fingerprint density at radius 2 is 2.00 bits per heavy atom. The Bertz CT molecular complexity index is 757. The van der Waals surface area contributed by atoms with Crippen LogP contribution in [0.25, 0.3) is 11.2 Å². The highest BCUT2D eigenvalue weighted by molar-refractivity contribution is 7.99. The van der Waals surface area contributed by atoms with Crippen LogP contribution in [-0.4, -0.2) is 24.9 Å². The van der Waals surface area contributed by atoms with E-state index in [9.17, 15) is 9.59 Å². The number of nitrogens with one attached hydrogen (secondary N) is 1. The Labute approximate surface area is 133 Å². The lowest BCUT2D eigenvalue weighted by molar-refractivity contribution is 0.577. The summed E-state index contributed by atoms with van der Waals surface area (Å²) in [7, 11) is 1.64. The summed E-state index contributed by atoms with van der Waals surface area (Å²) in [5.74, 6) is 1.47. The molecule has 0 radical (unpaired) electrons. The van der Waals surface area contributed by atoms with E-state index in [1.807, 2.05) is 4.57 Å². The van der Waals surface area contributed by atoms with Crippen LogP contribution in [0.2, 0.25) is 0 Å². The number of unbranched alkanes of at least 4 members (excludes halogenated alkanes) is 2. The number of aryl methyl sites for hydroxylation is 2. The molecule has 0 aliphatic carbocycles. The summed E-state index contributed by atoms with van der Waals surface area (Å²) in [6.45, 7) is 7.21. The molecule has 2 heterocycles. The molecule has 0 unspecified atom stereocenters. The molecule has 0 saturated heterocycles. The topological polar surface area (TPSA) is 72.7 Å². The fourth-order valence-corrected chi connectivity index (χ4v) is 3.27. The van der Waals surface area contributed by atoms with Crippen LogP contribution in [-0.2, 0) is 13.6 Å². The van der Waals surface area contributed by atoms with Gasteiger partial charge in [-0.05, 0) is 12.3 Å². The number of fused-ring (bicyclic) bond motifs is 1. The predicted octanol–water partition coefficient (Wildman–Crippen LogP) is 2.36. The molecule has 7 heteroatoms. The number of nitrogens with zero attached hydrogens (tertiary/aromatic N) is 3. The second-order valence-corrected chi connectivity index (χ2v) is 6.94. The largest absolute Gasteiger partial charge is 0.329 e. The number of aromatic amines is 1. The van der Waals surface area contributed by atoms with Gasteiger partial charge >= 0.3 is 5.69 Å². The van der Waals surface area contributed by atoms with E-state index in [4.69, 9.17) is 0 Å². The number of rotatable bonds is 7. The first-order valence-corrected chi connectivity index (χ1v) is 8.76. The minimum absolute atomic E-state index is 0.349. The molecule has 0 aliphatic heterocycles. The lowest BCUT2D eigenvalue weighted by atomic mass is 10.2. The first-order valence-electron chi connectivity index (χ1n) is 7.78. The zero-order valence-electron chi connectivity index (χ0n) is 13.7. The molecule has 6 nitrogen and oxygen atoms in total. The van der Waals surface area contributed by atoms with E-state index in [0.29, 0.717) is 17.1 Å². The van der Waals surface area contributed by atoms with Gasteiger partial charge in [-0.25, -0.2) is 9.78 Å². The van der Waals surface area contributed by atoms with E-state index in [-0.39, 0.29) is 5.56 Å². The molecule has 2 rings (SSSR count). The van der Waals surface area contributed by atoms with Crippen molar-refractivity contribution in [3.8, 4) is 0 Å². The van der Waals surface area contributed by atoms with Crippen LogP contribution in [0.5, 0.6) is 0 Å². The molecular formula is C15H24N4O2S. The van der Waals surface area contributed by atoms with Gasteiger partial charge in [-0.15, -0.1) is 0 Å². The summed E-state index contributed by atoms with van der Waals surface area (Å²) in [5.41, 5.74) is 0.204. The number of imidazole rings is 1. The average molecular weight is 324 g/mol.